The van der Waals surface area contributed by atoms with E-state index < -0.39 is 15.9 Å². The Labute approximate surface area is 205 Å². The van der Waals surface area contributed by atoms with E-state index in [0.29, 0.717) is 5.75 Å². The van der Waals surface area contributed by atoms with E-state index in [4.69, 9.17) is 9.47 Å². The summed E-state index contributed by atoms with van der Waals surface area (Å²) >= 11 is 0. The monoisotopic (exact) mass is 492 g/mol. The fourth-order valence-electron chi connectivity index (χ4n) is 3.91. The van der Waals surface area contributed by atoms with E-state index in [1.54, 1.807) is 37.4 Å². The Morgan fingerprint density at radius 1 is 0.886 bits per heavy atom. The second-order valence-corrected chi connectivity index (χ2v) is 10.8. The van der Waals surface area contributed by atoms with Crippen LogP contribution in [0, 0.1) is 0 Å². The summed E-state index contributed by atoms with van der Waals surface area (Å²) in [4.78, 5) is 12.9. The molecule has 35 heavy (non-hydrogen) atoms. The van der Waals surface area contributed by atoms with Crippen LogP contribution in [0.4, 0.5) is 0 Å². The van der Waals surface area contributed by atoms with Crippen LogP contribution in [-0.4, -0.2) is 33.1 Å². The summed E-state index contributed by atoms with van der Waals surface area (Å²) < 4.78 is 41.2. The number of hydrogen-bond donors (Lipinski definition) is 1. The molecule has 1 heterocycles. The third-order valence-corrected chi connectivity index (χ3v) is 7.20. The first-order valence-electron chi connectivity index (χ1n) is 11.1. The molecule has 0 saturated heterocycles. The lowest BCUT2D eigenvalue weighted by Gasteiger charge is -2.21. The van der Waals surface area contributed by atoms with Gasteiger partial charge in [0.25, 0.3) is 15.9 Å². The highest BCUT2D eigenvalue weighted by atomic mass is 32.2. The van der Waals surface area contributed by atoms with Gasteiger partial charge in [0.2, 0.25) is 0 Å². The topological polar surface area (TPSA) is 86.6 Å². The molecule has 0 bridgehead atoms. The van der Waals surface area contributed by atoms with Gasteiger partial charge in [-0.2, -0.15) is 0 Å². The molecule has 0 unspecified atom stereocenters. The minimum Gasteiger partial charge on any atom is -0.495 e. The average molecular weight is 493 g/mol. The van der Waals surface area contributed by atoms with Gasteiger partial charge in [0.15, 0.2) is 0 Å². The van der Waals surface area contributed by atoms with Gasteiger partial charge in [-0.15, -0.1) is 0 Å². The Hall–Kier alpha value is -3.78. The largest absolute Gasteiger partial charge is 0.495 e. The first-order chi connectivity index (χ1) is 16.5. The molecule has 182 valence electrons. The summed E-state index contributed by atoms with van der Waals surface area (Å²) in [5.41, 5.74) is 2.47. The molecule has 1 N–H and O–H groups in total. The van der Waals surface area contributed by atoms with Crippen molar-refractivity contribution in [1.29, 1.82) is 0 Å². The number of methoxy groups -OCH3 is 2. The summed E-state index contributed by atoms with van der Waals surface area (Å²) in [6.45, 7) is 5.95. The van der Waals surface area contributed by atoms with Crippen molar-refractivity contribution in [2.75, 3.05) is 14.2 Å². The van der Waals surface area contributed by atoms with Crippen LogP contribution in [0.2, 0.25) is 0 Å². The molecule has 0 saturated carbocycles. The number of nitrogens with zero attached hydrogens (tertiary/aromatic N) is 1. The van der Waals surface area contributed by atoms with Crippen molar-refractivity contribution in [2.45, 2.75) is 31.1 Å². The molecular weight excluding hydrogens is 464 g/mol. The van der Waals surface area contributed by atoms with Crippen LogP contribution in [0.3, 0.4) is 0 Å². The third kappa shape index (κ3) is 4.74. The lowest BCUT2D eigenvalue weighted by atomic mass is 9.87. The summed E-state index contributed by atoms with van der Waals surface area (Å²) in [6.07, 6.45) is 1.88. The fourth-order valence-corrected chi connectivity index (χ4v) is 5.08. The first kappa shape index (κ1) is 24.3. The van der Waals surface area contributed by atoms with Gasteiger partial charge in [-0.1, -0.05) is 39.0 Å². The molecule has 0 aliphatic rings. The second-order valence-electron chi connectivity index (χ2n) is 9.18. The van der Waals surface area contributed by atoms with Crippen LogP contribution in [0.25, 0.3) is 16.6 Å². The number of rotatable bonds is 6. The SMILES string of the molecule is COc1ccccc1-n1ccc2cc(C(=O)NS(=O)(=O)c3cc(C(C)(C)C)ccc3OC)ccc21. The number of sulfonamides is 1. The number of carbonyl (C=O) groups excluding carboxylic acids is 1. The van der Waals surface area contributed by atoms with Gasteiger partial charge in [0, 0.05) is 17.1 Å². The Bertz CT molecular complexity index is 1510. The average Bonchev–Trinajstić information content (AvgIpc) is 3.25. The zero-order valence-corrected chi connectivity index (χ0v) is 21.1. The predicted octanol–water partition coefficient (Wildman–Crippen LogP) is 5.06. The summed E-state index contributed by atoms with van der Waals surface area (Å²) in [6, 6.07) is 19.5. The highest BCUT2D eigenvalue weighted by Gasteiger charge is 2.26. The van der Waals surface area contributed by atoms with Crippen molar-refractivity contribution >= 4 is 26.8 Å². The minimum absolute atomic E-state index is 0.0795. The molecule has 0 aliphatic carbocycles. The first-order valence-corrected chi connectivity index (χ1v) is 12.5. The Kier molecular flexibility index (Phi) is 6.34. The molecule has 0 radical (unpaired) electrons. The number of ether oxygens (including phenoxy) is 2. The normalized spacial score (nSPS) is 11.9. The van der Waals surface area contributed by atoms with Crippen molar-refractivity contribution in [3.63, 3.8) is 0 Å². The van der Waals surface area contributed by atoms with Gasteiger partial charge in [0.1, 0.15) is 16.4 Å². The predicted molar refractivity (Wildman–Crippen MR) is 136 cm³/mol. The van der Waals surface area contributed by atoms with Crippen LogP contribution in [0.5, 0.6) is 11.5 Å². The molecule has 1 aromatic heterocycles. The van der Waals surface area contributed by atoms with E-state index in [1.165, 1.54) is 7.11 Å². The molecule has 7 nitrogen and oxygen atoms in total. The maximum Gasteiger partial charge on any atom is 0.268 e. The molecule has 3 aromatic carbocycles. The molecule has 0 fully saturated rings. The van der Waals surface area contributed by atoms with Crippen molar-refractivity contribution in [2.24, 2.45) is 0 Å². The molecule has 4 aromatic rings. The van der Waals surface area contributed by atoms with E-state index >= 15 is 0 Å². The zero-order valence-electron chi connectivity index (χ0n) is 20.3. The number of fused-ring (bicyclic) bond motifs is 1. The van der Waals surface area contributed by atoms with Gasteiger partial charge >= 0.3 is 0 Å². The van der Waals surface area contributed by atoms with E-state index in [0.717, 1.165) is 22.2 Å². The number of nitrogens with one attached hydrogen (secondary N) is 1. The van der Waals surface area contributed by atoms with Gasteiger partial charge < -0.3 is 14.0 Å². The maximum absolute atomic E-state index is 13.2. The van der Waals surface area contributed by atoms with E-state index in [-0.39, 0.29) is 21.6 Å². The van der Waals surface area contributed by atoms with E-state index in [2.05, 4.69) is 4.72 Å². The van der Waals surface area contributed by atoms with E-state index in [1.807, 2.05) is 67.9 Å². The van der Waals surface area contributed by atoms with Crippen LogP contribution in [0.15, 0.2) is 77.8 Å². The highest BCUT2D eigenvalue weighted by molar-refractivity contribution is 7.90. The minimum atomic E-state index is -4.18. The van der Waals surface area contributed by atoms with Crippen LogP contribution in [0.1, 0.15) is 36.7 Å². The fraction of sp³-hybridized carbons (Fsp3) is 0.222. The van der Waals surface area contributed by atoms with Crippen LogP contribution in [-0.2, 0) is 15.4 Å². The Morgan fingerprint density at radius 3 is 2.29 bits per heavy atom. The molecule has 1 amide bonds. The molecule has 8 heteroatoms. The summed E-state index contributed by atoms with van der Waals surface area (Å²) in [7, 11) is -1.17. The van der Waals surface area contributed by atoms with Gasteiger partial charge in [-0.05, 0) is 59.5 Å². The number of hydrogen-bond acceptors (Lipinski definition) is 5. The summed E-state index contributed by atoms with van der Waals surface area (Å²) in [5, 5.41) is 0.785. The molecule has 0 spiro atoms. The summed E-state index contributed by atoms with van der Waals surface area (Å²) in [5.74, 6) is 0.159. The van der Waals surface area contributed by atoms with Crippen molar-refractivity contribution in [3.05, 3.63) is 84.1 Å². The van der Waals surface area contributed by atoms with Crippen molar-refractivity contribution in [3.8, 4) is 17.2 Å². The van der Waals surface area contributed by atoms with Gasteiger partial charge in [0.05, 0.1) is 25.4 Å². The quantitative estimate of drug-likeness (QED) is 0.406. The van der Waals surface area contributed by atoms with Gasteiger partial charge in [-0.3, -0.25) is 4.79 Å². The van der Waals surface area contributed by atoms with E-state index in [9.17, 15) is 13.2 Å². The Morgan fingerprint density at radius 2 is 1.60 bits per heavy atom. The highest BCUT2D eigenvalue weighted by Crippen LogP contribution is 2.31. The van der Waals surface area contributed by atoms with Gasteiger partial charge in [-0.25, -0.2) is 13.1 Å². The molecule has 4 rings (SSSR count). The molecule has 0 aliphatic heterocycles. The van der Waals surface area contributed by atoms with Crippen molar-refractivity contribution in [1.82, 2.24) is 9.29 Å². The molecular formula is C27H28N2O5S. The molecule has 0 atom stereocenters. The van der Waals surface area contributed by atoms with Crippen LogP contribution >= 0.6 is 0 Å². The van der Waals surface area contributed by atoms with Crippen molar-refractivity contribution < 1.29 is 22.7 Å². The second kappa shape index (κ2) is 9.11. The number of amides is 1. The lowest BCUT2D eigenvalue weighted by Crippen LogP contribution is -2.31. The number of aromatic nitrogens is 1. The number of para-hydroxylation sites is 2. The van der Waals surface area contributed by atoms with Crippen LogP contribution < -0.4 is 14.2 Å². The zero-order chi connectivity index (χ0) is 25.4. The lowest BCUT2D eigenvalue weighted by molar-refractivity contribution is 0.0981. The number of benzene rings is 3. The maximum atomic E-state index is 13.2. The number of carbonyl (C=O) groups is 1. The third-order valence-electron chi connectivity index (χ3n) is 5.84. The smallest absolute Gasteiger partial charge is 0.268 e. The Balaban J connectivity index is 1.67. The standard InChI is InChI=1S/C27H28N2O5S/c1-27(2,3)20-11-13-24(34-5)25(17-20)35(31,32)28-26(30)19-10-12-21-18(16-19)14-15-29(21)22-8-6-7-9-23(22)33-4/h6-17H,1-5H3,(H,28,30).